The number of nitrogens with two attached hydrogens (primary N) is 1. The fraction of sp³-hybridized carbons (Fsp3) is 0.0909. The molecule has 82 valence electrons. The molecular weight excluding hydrogens is 211 g/mol. The Morgan fingerprint density at radius 3 is 3.00 bits per heavy atom. The third-order valence-electron chi connectivity index (χ3n) is 2.10. The van der Waals surface area contributed by atoms with Crippen LogP contribution in [0, 0.1) is 5.82 Å². The monoisotopic (exact) mass is 220 g/mol. The van der Waals surface area contributed by atoms with Gasteiger partial charge in [-0.3, -0.25) is 0 Å². The van der Waals surface area contributed by atoms with Crippen LogP contribution in [0.4, 0.5) is 10.1 Å². The van der Waals surface area contributed by atoms with Crippen molar-refractivity contribution >= 4 is 12.0 Å². The summed E-state index contributed by atoms with van der Waals surface area (Å²) in [6.07, 6.45) is 2.23. The third-order valence-corrected chi connectivity index (χ3v) is 2.10. The van der Waals surface area contributed by atoms with E-state index in [2.05, 4.69) is 4.98 Å². The number of hydrogen-bond donors (Lipinski definition) is 1. The minimum absolute atomic E-state index is 0.0532. The molecule has 0 atom stereocenters. The summed E-state index contributed by atoms with van der Waals surface area (Å²) >= 11 is 0. The number of aldehydes is 1. The van der Waals surface area contributed by atoms with E-state index in [9.17, 15) is 9.18 Å². The molecule has 0 unspecified atom stereocenters. The first kappa shape index (κ1) is 10.4. The maximum Gasteiger partial charge on any atom is 0.201 e. The molecule has 0 bridgehead atoms. The topological polar surface area (TPSA) is 69.1 Å². The highest BCUT2D eigenvalue weighted by atomic mass is 19.1. The summed E-state index contributed by atoms with van der Waals surface area (Å²) < 4.78 is 18.0. The Morgan fingerprint density at radius 1 is 1.50 bits per heavy atom. The van der Waals surface area contributed by atoms with Crippen LogP contribution in [0.1, 0.15) is 5.89 Å². The summed E-state index contributed by atoms with van der Waals surface area (Å²) in [5.41, 5.74) is 6.67. The first-order chi connectivity index (χ1) is 7.70. The predicted octanol–water partition coefficient (Wildman–Crippen LogP) is 1.80. The molecule has 0 saturated carbocycles. The highest BCUT2D eigenvalue weighted by molar-refractivity contribution is 5.64. The Bertz CT molecular complexity index is 522. The van der Waals surface area contributed by atoms with Crippen molar-refractivity contribution in [3.05, 3.63) is 36.2 Å². The fourth-order valence-electron chi connectivity index (χ4n) is 1.31. The van der Waals surface area contributed by atoms with Crippen molar-refractivity contribution in [2.24, 2.45) is 0 Å². The average molecular weight is 220 g/mol. The second kappa shape index (κ2) is 4.14. The third kappa shape index (κ3) is 1.93. The molecule has 0 fully saturated rings. The first-order valence-corrected chi connectivity index (χ1v) is 4.64. The summed E-state index contributed by atoms with van der Waals surface area (Å²) in [5, 5.41) is 0. The Balaban J connectivity index is 2.34. The lowest BCUT2D eigenvalue weighted by Gasteiger charge is -1.98. The molecule has 2 rings (SSSR count). The number of anilines is 1. The number of nitrogens with zero attached hydrogens (tertiary/aromatic N) is 1. The molecule has 1 heterocycles. The van der Waals surface area contributed by atoms with E-state index in [-0.39, 0.29) is 12.1 Å². The van der Waals surface area contributed by atoms with Crippen LogP contribution in [0.25, 0.3) is 11.3 Å². The van der Waals surface area contributed by atoms with Crippen molar-refractivity contribution < 1.29 is 13.6 Å². The van der Waals surface area contributed by atoms with E-state index in [0.717, 1.165) is 0 Å². The van der Waals surface area contributed by atoms with Gasteiger partial charge in [-0.05, 0) is 18.2 Å². The van der Waals surface area contributed by atoms with E-state index < -0.39 is 5.82 Å². The highest BCUT2D eigenvalue weighted by Crippen LogP contribution is 2.22. The molecule has 0 saturated heterocycles. The summed E-state index contributed by atoms with van der Waals surface area (Å²) in [6, 6.07) is 4.28. The van der Waals surface area contributed by atoms with Gasteiger partial charge < -0.3 is 14.9 Å². The van der Waals surface area contributed by atoms with Gasteiger partial charge in [0, 0.05) is 5.56 Å². The van der Waals surface area contributed by atoms with Crippen LogP contribution in [-0.2, 0) is 11.2 Å². The van der Waals surface area contributed by atoms with Crippen LogP contribution in [0.3, 0.4) is 0 Å². The molecule has 0 radical (unpaired) electrons. The Labute approximate surface area is 90.9 Å². The molecule has 16 heavy (non-hydrogen) atoms. The van der Waals surface area contributed by atoms with Crippen molar-refractivity contribution in [1.29, 1.82) is 0 Å². The normalized spacial score (nSPS) is 10.3. The van der Waals surface area contributed by atoms with Crippen molar-refractivity contribution in [1.82, 2.24) is 4.98 Å². The average Bonchev–Trinajstić information content (AvgIpc) is 2.71. The minimum atomic E-state index is -0.472. The second-order valence-electron chi connectivity index (χ2n) is 3.23. The number of benzene rings is 1. The lowest BCUT2D eigenvalue weighted by atomic mass is 10.1. The molecule has 4 nitrogen and oxygen atoms in total. The molecule has 0 aliphatic rings. The quantitative estimate of drug-likeness (QED) is 0.632. The van der Waals surface area contributed by atoms with Crippen LogP contribution < -0.4 is 5.73 Å². The number of halogens is 1. The molecule has 5 heteroatoms. The molecule has 2 aromatic rings. The smallest absolute Gasteiger partial charge is 0.201 e. The van der Waals surface area contributed by atoms with Gasteiger partial charge in [-0.2, -0.15) is 0 Å². The number of rotatable bonds is 3. The van der Waals surface area contributed by atoms with Crippen LogP contribution in [0.2, 0.25) is 0 Å². The number of aromatic nitrogens is 1. The predicted molar refractivity (Wildman–Crippen MR) is 56.1 cm³/mol. The van der Waals surface area contributed by atoms with Crippen molar-refractivity contribution in [3.63, 3.8) is 0 Å². The van der Waals surface area contributed by atoms with E-state index in [1.165, 1.54) is 18.4 Å². The zero-order valence-corrected chi connectivity index (χ0v) is 8.31. The standard InChI is InChI=1S/C11H9FN2O2/c12-8-2-1-7(5-9(8)13)10-6-16-11(14-10)3-4-15/h1-2,4-6H,3,13H2. The zero-order chi connectivity index (χ0) is 11.5. The summed E-state index contributed by atoms with van der Waals surface area (Å²) in [5.74, 6) is -0.145. The maximum atomic E-state index is 12.9. The van der Waals surface area contributed by atoms with Gasteiger partial charge in [-0.1, -0.05) is 0 Å². The van der Waals surface area contributed by atoms with Crippen LogP contribution >= 0.6 is 0 Å². The van der Waals surface area contributed by atoms with E-state index in [1.54, 1.807) is 6.07 Å². The Kier molecular flexibility index (Phi) is 2.68. The van der Waals surface area contributed by atoms with Crippen LogP contribution in [0.5, 0.6) is 0 Å². The van der Waals surface area contributed by atoms with Gasteiger partial charge in [0.25, 0.3) is 0 Å². The largest absolute Gasteiger partial charge is 0.448 e. The minimum Gasteiger partial charge on any atom is -0.448 e. The first-order valence-electron chi connectivity index (χ1n) is 4.64. The van der Waals surface area contributed by atoms with Crippen LogP contribution in [0.15, 0.2) is 28.9 Å². The Hall–Kier alpha value is -2.17. The number of carbonyl (C=O) groups excluding carboxylic acids is 1. The number of carbonyl (C=O) groups is 1. The van der Waals surface area contributed by atoms with E-state index in [0.29, 0.717) is 23.4 Å². The fourth-order valence-corrected chi connectivity index (χ4v) is 1.31. The molecule has 2 N–H and O–H groups in total. The zero-order valence-electron chi connectivity index (χ0n) is 8.31. The van der Waals surface area contributed by atoms with E-state index >= 15 is 0 Å². The number of oxazole rings is 1. The molecule has 0 aliphatic heterocycles. The van der Waals surface area contributed by atoms with Gasteiger partial charge in [0.05, 0.1) is 12.1 Å². The molecule has 0 aliphatic carbocycles. The molecule has 1 aromatic heterocycles. The lowest BCUT2D eigenvalue weighted by molar-refractivity contribution is -0.107. The number of hydrogen-bond acceptors (Lipinski definition) is 4. The summed E-state index contributed by atoms with van der Waals surface area (Å²) in [4.78, 5) is 14.3. The van der Waals surface area contributed by atoms with Gasteiger partial charge in [-0.15, -0.1) is 0 Å². The molecule has 1 aromatic carbocycles. The van der Waals surface area contributed by atoms with Gasteiger partial charge in [-0.25, -0.2) is 9.37 Å². The highest BCUT2D eigenvalue weighted by Gasteiger charge is 2.07. The van der Waals surface area contributed by atoms with E-state index in [1.807, 2.05) is 0 Å². The number of nitrogen functional groups attached to an aromatic ring is 1. The van der Waals surface area contributed by atoms with Gasteiger partial charge in [0.15, 0.2) is 0 Å². The van der Waals surface area contributed by atoms with Crippen molar-refractivity contribution in [3.8, 4) is 11.3 Å². The van der Waals surface area contributed by atoms with Gasteiger partial charge in [0.2, 0.25) is 5.89 Å². The SMILES string of the molecule is Nc1cc(-c2coc(CC=O)n2)ccc1F. The summed E-state index contributed by atoms with van der Waals surface area (Å²) in [7, 11) is 0. The lowest BCUT2D eigenvalue weighted by Crippen LogP contribution is -1.91. The van der Waals surface area contributed by atoms with Crippen molar-refractivity contribution in [2.75, 3.05) is 5.73 Å². The van der Waals surface area contributed by atoms with Gasteiger partial charge >= 0.3 is 0 Å². The molecular formula is C11H9FN2O2. The Morgan fingerprint density at radius 2 is 2.31 bits per heavy atom. The van der Waals surface area contributed by atoms with Crippen molar-refractivity contribution in [2.45, 2.75) is 6.42 Å². The van der Waals surface area contributed by atoms with E-state index in [4.69, 9.17) is 10.2 Å². The second-order valence-corrected chi connectivity index (χ2v) is 3.23. The maximum absolute atomic E-state index is 12.9. The van der Waals surface area contributed by atoms with Crippen LogP contribution in [-0.4, -0.2) is 11.3 Å². The summed E-state index contributed by atoms with van der Waals surface area (Å²) in [6.45, 7) is 0. The molecule has 0 spiro atoms. The van der Waals surface area contributed by atoms with Gasteiger partial charge in [0.1, 0.15) is 24.1 Å². The molecule has 0 amide bonds.